The Morgan fingerprint density at radius 1 is 0.966 bits per heavy atom. The number of esters is 1. The topological polar surface area (TPSA) is 64.1 Å². The molecule has 5 nitrogen and oxygen atoms in total. The van der Waals surface area contributed by atoms with Gasteiger partial charge in [0.2, 0.25) is 0 Å². The molecular formula is C21H13Cl2N3O2S. The first-order chi connectivity index (χ1) is 14.1. The van der Waals surface area contributed by atoms with Gasteiger partial charge in [-0.25, -0.2) is 9.78 Å². The van der Waals surface area contributed by atoms with Gasteiger partial charge in [-0.05, 0) is 42.5 Å². The van der Waals surface area contributed by atoms with Crippen molar-refractivity contribution < 1.29 is 9.53 Å². The van der Waals surface area contributed by atoms with Gasteiger partial charge in [-0.2, -0.15) is 0 Å². The predicted octanol–water partition coefficient (Wildman–Crippen LogP) is 6.47. The summed E-state index contributed by atoms with van der Waals surface area (Å²) in [4.78, 5) is 21.2. The number of nitrogens with one attached hydrogen (secondary N) is 1. The average Bonchev–Trinajstić information content (AvgIpc) is 3.17. The Hall–Kier alpha value is -2.93. The average molecular weight is 442 g/mol. The second-order valence-corrected chi connectivity index (χ2v) is 7.68. The first kappa shape index (κ1) is 19.4. The highest BCUT2D eigenvalue weighted by Gasteiger charge is 2.12. The number of thiazole rings is 1. The SMILES string of the molecule is O=C(Oc1cccc(Nc2nc(-c3ccccn3)cs2)c1)c1cc(Cl)cc(Cl)c1. The lowest BCUT2D eigenvalue weighted by Crippen LogP contribution is -2.08. The van der Waals surface area contributed by atoms with Gasteiger partial charge in [0.15, 0.2) is 5.13 Å². The van der Waals surface area contributed by atoms with Gasteiger partial charge in [0.05, 0.1) is 11.3 Å². The third-order valence-corrected chi connectivity index (χ3v) is 5.02. The fourth-order valence-electron chi connectivity index (χ4n) is 2.56. The molecule has 0 aliphatic heterocycles. The van der Waals surface area contributed by atoms with Crippen LogP contribution >= 0.6 is 34.5 Å². The molecule has 0 unspecified atom stereocenters. The fraction of sp³-hybridized carbons (Fsp3) is 0. The molecule has 0 saturated heterocycles. The van der Waals surface area contributed by atoms with Gasteiger partial charge in [0.25, 0.3) is 0 Å². The van der Waals surface area contributed by atoms with Crippen molar-refractivity contribution in [3.63, 3.8) is 0 Å². The molecule has 2 aromatic heterocycles. The van der Waals surface area contributed by atoms with Crippen LogP contribution in [0.15, 0.2) is 72.2 Å². The molecule has 0 radical (unpaired) electrons. The first-order valence-electron chi connectivity index (χ1n) is 8.49. The van der Waals surface area contributed by atoms with Crippen LogP contribution in [0.1, 0.15) is 10.4 Å². The van der Waals surface area contributed by atoms with Crippen molar-refractivity contribution in [2.45, 2.75) is 0 Å². The lowest BCUT2D eigenvalue weighted by molar-refractivity contribution is 0.0735. The Labute approximate surface area is 180 Å². The predicted molar refractivity (Wildman–Crippen MR) is 116 cm³/mol. The van der Waals surface area contributed by atoms with E-state index in [9.17, 15) is 4.79 Å². The summed E-state index contributed by atoms with van der Waals surface area (Å²) in [5, 5.41) is 6.58. The largest absolute Gasteiger partial charge is 0.423 e. The molecule has 1 N–H and O–H groups in total. The van der Waals surface area contributed by atoms with Crippen LogP contribution in [0.5, 0.6) is 5.75 Å². The fourth-order valence-corrected chi connectivity index (χ4v) is 3.81. The van der Waals surface area contributed by atoms with E-state index in [-0.39, 0.29) is 5.56 Å². The maximum absolute atomic E-state index is 12.4. The van der Waals surface area contributed by atoms with Crippen LogP contribution in [0, 0.1) is 0 Å². The molecule has 4 aromatic rings. The van der Waals surface area contributed by atoms with Crippen LogP contribution in [0.3, 0.4) is 0 Å². The second-order valence-electron chi connectivity index (χ2n) is 5.95. The molecule has 144 valence electrons. The minimum absolute atomic E-state index is 0.279. The molecule has 4 rings (SSSR count). The molecule has 2 heterocycles. The van der Waals surface area contributed by atoms with Gasteiger partial charge in [-0.15, -0.1) is 11.3 Å². The highest BCUT2D eigenvalue weighted by atomic mass is 35.5. The van der Waals surface area contributed by atoms with Crippen LogP contribution in [0.25, 0.3) is 11.4 Å². The van der Waals surface area contributed by atoms with Crippen molar-refractivity contribution in [2.75, 3.05) is 5.32 Å². The summed E-state index contributed by atoms with van der Waals surface area (Å²) in [6.45, 7) is 0. The number of halogens is 2. The Morgan fingerprint density at radius 3 is 2.55 bits per heavy atom. The number of anilines is 2. The summed E-state index contributed by atoms with van der Waals surface area (Å²) in [6, 6.07) is 17.3. The summed E-state index contributed by atoms with van der Waals surface area (Å²) in [5.74, 6) is -0.157. The molecule has 0 atom stereocenters. The van der Waals surface area contributed by atoms with Crippen LogP contribution < -0.4 is 10.1 Å². The Bertz CT molecular complexity index is 1150. The van der Waals surface area contributed by atoms with Gasteiger partial charge in [0.1, 0.15) is 11.4 Å². The molecule has 0 bridgehead atoms. The van der Waals surface area contributed by atoms with Gasteiger partial charge in [-0.3, -0.25) is 4.98 Å². The van der Waals surface area contributed by atoms with E-state index in [1.54, 1.807) is 30.5 Å². The van der Waals surface area contributed by atoms with Crippen LogP contribution in [0.4, 0.5) is 10.8 Å². The number of hydrogen-bond donors (Lipinski definition) is 1. The maximum atomic E-state index is 12.4. The van der Waals surface area contributed by atoms with Crippen LogP contribution in [-0.2, 0) is 0 Å². The highest BCUT2D eigenvalue weighted by Crippen LogP contribution is 2.28. The van der Waals surface area contributed by atoms with Crippen LogP contribution in [-0.4, -0.2) is 15.9 Å². The van der Waals surface area contributed by atoms with Crippen LogP contribution in [0.2, 0.25) is 10.0 Å². The Morgan fingerprint density at radius 2 is 1.79 bits per heavy atom. The number of nitrogens with zero attached hydrogens (tertiary/aromatic N) is 2. The molecule has 0 saturated carbocycles. The van der Waals surface area contributed by atoms with Crippen molar-refractivity contribution in [3.8, 4) is 17.1 Å². The molecule has 0 aliphatic rings. The Kier molecular flexibility index (Phi) is 5.76. The molecule has 2 aromatic carbocycles. The molecule has 0 aliphatic carbocycles. The summed E-state index contributed by atoms with van der Waals surface area (Å²) in [6.07, 6.45) is 1.73. The third kappa shape index (κ3) is 4.92. The van der Waals surface area contributed by atoms with Gasteiger partial charge >= 0.3 is 5.97 Å². The number of rotatable bonds is 5. The van der Waals surface area contributed by atoms with E-state index in [4.69, 9.17) is 27.9 Å². The number of aromatic nitrogens is 2. The zero-order chi connectivity index (χ0) is 20.2. The van der Waals surface area contributed by atoms with Crippen molar-refractivity contribution in [2.24, 2.45) is 0 Å². The molecule has 0 amide bonds. The van der Waals surface area contributed by atoms with E-state index in [2.05, 4.69) is 15.3 Å². The quantitative estimate of drug-likeness (QED) is 0.283. The standard InChI is InChI=1S/C21H13Cl2N3O2S/c22-14-8-13(9-15(23)10-14)20(27)28-17-5-3-4-16(11-17)25-21-26-19(12-29-21)18-6-1-2-7-24-18/h1-12H,(H,25,26). The highest BCUT2D eigenvalue weighted by molar-refractivity contribution is 7.14. The minimum atomic E-state index is -0.543. The van der Waals surface area contributed by atoms with E-state index in [0.717, 1.165) is 17.1 Å². The smallest absolute Gasteiger partial charge is 0.343 e. The van der Waals surface area contributed by atoms with Crippen molar-refractivity contribution in [1.29, 1.82) is 0 Å². The normalized spacial score (nSPS) is 10.6. The maximum Gasteiger partial charge on any atom is 0.343 e. The summed E-state index contributed by atoms with van der Waals surface area (Å²) < 4.78 is 5.44. The number of hydrogen-bond acceptors (Lipinski definition) is 6. The molecule has 29 heavy (non-hydrogen) atoms. The zero-order valence-corrected chi connectivity index (χ0v) is 17.1. The Balaban J connectivity index is 1.48. The monoisotopic (exact) mass is 441 g/mol. The number of carbonyl (C=O) groups excluding carboxylic acids is 1. The lowest BCUT2D eigenvalue weighted by Gasteiger charge is -2.08. The molecule has 8 heteroatoms. The summed E-state index contributed by atoms with van der Waals surface area (Å²) in [5.41, 5.74) is 2.61. The zero-order valence-electron chi connectivity index (χ0n) is 14.8. The first-order valence-corrected chi connectivity index (χ1v) is 10.1. The molecule has 0 fully saturated rings. The molecular weight excluding hydrogens is 429 g/mol. The van der Waals surface area contributed by atoms with E-state index in [1.807, 2.05) is 29.6 Å². The van der Waals surface area contributed by atoms with E-state index in [0.29, 0.717) is 20.9 Å². The van der Waals surface area contributed by atoms with Crippen molar-refractivity contribution in [1.82, 2.24) is 9.97 Å². The third-order valence-electron chi connectivity index (χ3n) is 3.83. The number of carbonyl (C=O) groups is 1. The van der Waals surface area contributed by atoms with Crippen molar-refractivity contribution in [3.05, 3.63) is 87.8 Å². The van der Waals surface area contributed by atoms with E-state index in [1.165, 1.54) is 23.5 Å². The van der Waals surface area contributed by atoms with Gasteiger partial charge in [0, 0.05) is 33.4 Å². The van der Waals surface area contributed by atoms with Crippen molar-refractivity contribution >= 4 is 51.3 Å². The van der Waals surface area contributed by atoms with Gasteiger partial charge in [-0.1, -0.05) is 35.3 Å². The van der Waals surface area contributed by atoms with E-state index < -0.39 is 5.97 Å². The minimum Gasteiger partial charge on any atom is -0.423 e. The summed E-state index contributed by atoms with van der Waals surface area (Å²) in [7, 11) is 0. The second kappa shape index (κ2) is 8.61. The number of ether oxygens (including phenoxy) is 1. The summed E-state index contributed by atoms with van der Waals surface area (Å²) >= 11 is 13.4. The number of benzene rings is 2. The molecule has 0 spiro atoms. The van der Waals surface area contributed by atoms with E-state index >= 15 is 0 Å². The van der Waals surface area contributed by atoms with Gasteiger partial charge < -0.3 is 10.1 Å². The lowest BCUT2D eigenvalue weighted by atomic mass is 10.2. The number of pyridine rings is 1.